The Hall–Kier alpha value is -4.04. The zero-order valence-electron chi connectivity index (χ0n) is 18.3. The fraction of sp³-hybridized carbons (Fsp3) is 0.0667. The first kappa shape index (κ1) is 19.9. The first-order chi connectivity index (χ1) is 15.8. The molecule has 1 N–H and O–H groups in total. The Bertz CT molecular complexity index is 1420. The van der Waals surface area contributed by atoms with Crippen LogP contribution in [0.3, 0.4) is 0 Å². The van der Waals surface area contributed by atoms with Gasteiger partial charge >= 0.3 is 0 Å². The lowest BCUT2D eigenvalue weighted by molar-refractivity contribution is 1.19. The molecule has 1 aromatic heterocycles. The number of aromatic nitrogens is 1. The summed E-state index contributed by atoms with van der Waals surface area (Å²) in [7, 11) is 0. The minimum atomic E-state index is 0.876. The van der Waals surface area contributed by atoms with Crippen molar-refractivity contribution in [2.45, 2.75) is 13.3 Å². The molecule has 5 aromatic rings. The van der Waals surface area contributed by atoms with E-state index in [1.54, 1.807) is 0 Å². The smallest absolute Gasteiger partial charge is 0.0540 e. The Morgan fingerprint density at radius 1 is 0.812 bits per heavy atom. The van der Waals surface area contributed by atoms with Crippen LogP contribution in [0.15, 0.2) is 116 Å². The lowest BCUT2D eigenvalue weighted by atomic mass is 10.0. The van der Waals surface area contributed by atoms with Crippen LogP contribution < -0.4 is 4.90 Å². The Morgan fingerprint density at radius 3 is 2.44 bits per heavy atom. The highest BCUT2D eigenvalue weighted by atomic mass is 15.1. The maximum Gasteiger partial charge on any atom is 0.0540 e. The molecular weight excluding hydrogens is 388 g/mol. The number of nitrogens with one attached hydrogen (secondary N) is 1. The van der Waals surface area contributed by atoms with Gasteiger partial charge in [0.1, 0.15) is 0 Å². The summed E-state index contributed by atoms with van der Waals surface area (Å²) in [5.74, 6) is 0. The number of fused-ring (bicyclic) bond motifs is 2. The van der Waals surface area contributed by atoms with Gasteiger partial charge in [-0.2, -0.15) is 0 Å². The van der Waals surface area contributed by atoms with E-state index in [9.17, 15) is 0 Å². The van der Waals surface area contributed by atoms with Gasteiger partial charge in [-0.25, -0.2) is 0 Å². The number of nitrogens with zero attached hydrogens (tertiary/aromatic N) is 1. The second-order valence-electron chi connectivity index (χ2n) is 8.00. The SMILES string of the molecule is C=C/C=C\Cc1c(C)[nH]c2ccc(N(c3ccccc3)c3cccc4ccccc34)cc12. The van der Waals surface area contributed by atoms with Crippen LogP contribution in [0.2, 0.25) is 0 Å². The molecule has 0 saturated carbocycles. The number of benzene rings is 4. The van der Waals surface area contributed by atoms with Crippen LogP contribution in [0.1, 0.15) is 11.3 Å². The summed E-state index contributed by atoms with van der Waals surface area (Å²) < 4.78 is 0. The molecule has 5 rings (SSSR count). The fourth-order valence-electron chi connectivity index (χ4n) is 4.46. The minimum Gasteiger partial charge on any atom is -0.358 e. The topological polar surface area (TPSA) is 19.0 Å². The third-order valence-electron chi connectivity index (χ3n) is 5.98. The largest absolute Gasteiger partial charge is 0.358 e. The highest BCUT2D eigenvalue weighted by Crippen LogP contribution is 2.40. The highest BCUT2D eigenvalue weighted by Gasteiger charge is 2.17. The summed E-state index contributed by atoms with van der Waals surface area (Å²) in [6.45, 7) is 5.94. The zero-order chi connectivity index (χ0) is 21.9. The number of aryl methyl sites for hydroxylation is 1. The third-order valence-corrected chi connectivity index (χ3v) is 5.98. The van der Waals surface area contributed by atoms with Crippen LogP contribution in [0.25, 0.3) is 21.7 Å². The maximum absolute atomic E-state index is 3.79. The van der Waals surface area contributed by atoms with Crippen LogP contribution in [0.5, 0.6) is 0 Å². The molecule has 156 valence electrons. The molecule has 2 heteroatoms. The van der Waals surface area contributed by atoms with E-state index in [0.717, 1.165) is 17.8 Å². The Morgan fingerprint density at radius 2 is 1.59 bits per heavy atom. The summed E-state index contributed by atoms with van der Waals surface area (Å²) in [5, 5.41) is 3.73. The van der Waals surface area contributed by atoms with Gasteiger partial charge in [-0.3, -0.25) is 0 Å². The molecule has 0 aliphatic rings. The molecule has 0 atom stereocenters. The van der Waals surface area contributed by atoms with Crippen molar-refractivity contribution in [3.8, 4) is 0 Å². The van der Waals surface area contributed by atoms with Gasteiger partial charge in [-0.1, -0.05) is 79.4 Å². The molecule has 0 radical (unpaired) electrons. The Balaban J connectivity index is 1.73. The van der Waals surface area contributed by atoms with E-state index in [1.165, 1.54) is 38.6 Å². The van der Waals surface area contributed by atoms with Crippen LogP contribution >= 0.6 is 0 Å². The molecule has 4 aromatic carbocycles. The number of para-hydroxylation sites is 1. The number of anilines is 3. The molecule has 0 bridgehead atoms. The molecule has 0 amide bonds. The molecule has 0 aliphatic carbocycles. The molecule has 2 nitrogen and oxygen atoms in total. The molecule has 0 saturated heterocycles. The summed E-state index contributed by atoms with van der Waals surface area (Å²) in [5.41, 5.74) is 7.16. The van der Waals surface area contributed by atoms with Crippen molar-refractivity contribution in [3.63, 3.8) is 0 Å². The van der Waals surface area contributed by atoms with Crippen molar-refractivity contribution >= 4 is 38.7 Å². The van der Waals surface area contributed by atoms with Gasteiger partial charge in [0.05, 0.1) is 5.69 Å². The summed E-state index contributed by atoms with van der Waals surface area (Å²) in [4.78, 5) is 5.91. The normalized spacial score (nSPS) is 11.4. The van der Waals surface area contributed by atoms with Gasteiger partial charge in [0.15, 0.2) is 0 Å². The van der Waals surface area contributed by atoms with Crippen LogP contribution in [-0.2, 0) is 6.42 Å². The van der Waals surface area contributed by atoms with E-state index >= 15 is 0 Å². The van der Waals surface area contributed by atoms with Crippen LogP contribution in [-0.4, -0.2) is 4.98 Å². The molecule has 0 fully saturated rings. The van der Waals surface area contributed by atoms with Gasteiger partial charge in [0.25, 0.3) is 0 Å². The minimum absolute atomic E-state index is 0.876. The second kappa shape index (κ2) is 8.60. The van der Waals surface area contributed by atoms with E-state index in [0.29, 0.717) is 0 Å². The average Bonchev–Trinajstić information content (AvgIpc) is 3.15. The van der Waals surface area contributed by atoms with E-state index < -0.39 is 0 Å². The lowest BCUT2D eigenvalue weighted by Gasteiger charge is -2.27. The van der Waals surface area contributed by atoms with Gasteiger partial charge in [0, 0.05) is 33.4 Å². The quantitative estimate of drug-likeness (QED) is 0.276. The summed E-state index contributed by atoms with van der Waals surface area (Å²) in [6.07, 6.45) is 6.87. The molecule has 0 aliphatic heterocycles. The van der Waals surface area contributed by atoms with Crippen molar-refractivity contribution in [3.05, 3.63) is 127 Å². The highest BCUT2D eigenvalue weighted by molar-refractivity contribution is 6.00. The van der Waals surface area contributed by atoms with Crippen molar-refractivity contribution in [1.29, 1.82) is 0 Å². The van der Waals surface area contributed by atoms with Gasteiger partial charge in [0.2, 0.25) is 0 Å². The summed E-state index contributed by atoms with van der Waals surface area (Å²) in [6, 6.07) is 32.4. The van der Waals surface area contributed by atoms with Gasteiger partial charge < -0.3 is 9.88 Å². The van der Waals surface area contributed by atoms with Crippen molar-refractivity contribution in [2.24, 2.45) is 0 Å². The van der Waals surface area contributed by atoms with E-state index in [2.05, 4.69) is 120 Å². The number of rotatable bonds is 6. The predicted molar refractivity (Wildman–Crippen MR) is 138 cm³/mol. The number of aromatic amines is 1. The van der Waals surface area contributed by atoms with E-state index in [-0.39, 0.29) is 0 Å². The fourth-order valence-corrected chi connectivity index (χ4v) is 4.46. The van der Waals surface area contributed by atoms with Crippen molar-refractivity contribution < 1.29 is 0 Å². The van der Waals surface area contributed by atoms with Crippen LogP contribution in [0, 0.1) is 6.92 Å². The molecular formula is C30H26N2. The van der Waals surface area contributed by atoms with E-state index in [4.69, 9.17) is 0 Å². The monoisotopic (exact) mass is 414 g/mol. The first-order valence-corrected chi connectivity index (χ1v) is 11.0. The Kier molecular flexibility index (Phi) is 5.35. The molecule has 0 spiro atoms. The molecule has 1 heterocycles. The zero-order valence-corrected chi connectivity index (χ0v) is 18.3. The van der Waals surface area contributed by atoms with Gasteiger partial charge in [-0.15, -0.1) is 0 Å². The van der Waals surface area contributed by atoms with Gasteiger partial charge in [-0.05, 0) is 60.7 Å². The summed E-state index contributed by atoms with van der Waals surface area (Å²) >= 11 is 0. The van der Waals surface area contributed by atoms with Crippen molar-refractivity contribution in [1.82, 2.24) is 4.98 Å². The lowest BCUT2D eigenvalue weighted by Crippen LogP contribution is -2.10. The number of hydrogen-bond donors (Lipinski definition) is 1. The number of hydrogen-bond acceptors (Lipinski definition) is 1. The predicted octanol–water partition coefficient (Wildman–Crippen LogP) is 8.38. The molecule has 32 heavy (non-hydrogen) atoms. The standard InChI is InChI=1S/C30H26N2/c1-3-4-6-16-26-22(2)31-29-20-19-25(21-28(26)29)32(24-14-7-5-8-15-24)30-18-11-13-23-12-9-10-17-27(23)30/h3-15,17-21,31H,1,16H2,2H3/b6-4-. The second-order valence-corrected chi connectivity index (χ2v) is 8.00. The van der Waals surface area contributed by atoms with Crippen molar-refractivity contribution in [2.75, 3.05) is 4.90 Å². The molecule has 0 unspecified atom stereocenters. The average molecular weight is 415 g/mol. The Labute approximate surface area is 189 Å². The number of H-pyrrole nitrogens is 1. The number of allylic oxidation sites excluding steroid dienone is 3. The first-order valence-electron chi connectivity index (χ1n) is 11.0. The maximum atomic E-state index is 3.79. The van der Waals surface area contributed by atoms with Crippen LogP contribution in [0.4, 0.5) is 17.1 Å². The van der Waals surface area contributed by atoms with E-state index in [1.807, 2.05) is 12.2 Å². The third kappa shape index (κ3) is 3.61.